The molecule has 0 aliphatic carbocycles. The molecule has 7 nitrogen and oxygen atoms in total. The molecule has 0 radical (unpaired) electrons. The highest BCUT2D eigenvalue weighted by Gasteiger charge is 2.25. The van der Waals surface area contributed by atoms with Gasteiger partial charge in [0, 0.05) is 30.4 Å². The van der Waals surface area contributed by atoms with Crippen LogP contribution in [0.1, 0.15) is 11.1 Å². The van der Waals surface area contributed by atoms with E-state index < -0.39 is 10.0 Å². The van der Waals surface area contributed by atoms with Crippen molar-refractivity contribution in [1.82, 2.24) is 18.7 Å². The lowest BCUT2D eigenvalue weighted by molar-refractivity contribution is 0.589. The SMILES string of the molecule is Cc1ccc(S(=O)(=O)n2c(-c3cnn(C)c3)cc3cc(C#N)cnc32)cc1. The molecule has 0 saturated heterocycles. The average molecular weight is 377 g/mol. The van der Waals surface area contributed by atoms with E-state index in [1.54, 1.807) is 60.5 Å². The number of rotatable bonds is 3. The van der Waals surface area contributed by atoms with E-state index in [9.17, 15) is 8.42 Å². The summed E-state index contributed by atoms with van der Waals surface area (Å²) in [5.74, 6) is 0. The number of aromatic nitrogens is 4. The second-order valence-electron chi connectivity index (χ2n) is 6.26. The fraction of sp³-hybridized carbons (Fsp3) is 0.105. The third-order valence-electron chi connectivity index (χ3n) is 4.29. The van der Waals surface area contributed by atoms with E-state index in [-0.39, 0.29) is 10.5 Å². The highest BCUT2D eigenvalue weighted by Crippen LogP contribution is 2.31. The summed E-state index contributed by atoms with van der Waals surface area (Å²) in [6.07, 6.45) is 4.71. The molecular weight excluding hydrogens is 362 g/mol. The summed E-state index contributed by atoms with van der Waals surface area (Å²) in [6.45, 7) is 1.90. The van der Waals surface area contributed by atoms with Gasteiger partial charge in [0.25, 0.3) is 10.0 Å². The van der Waals surface area contributed by atoms with Gasteiger partial charge in [0.1, 0.15) is 6.07 Å². The van der Waals surface area contributed by atoms with Gasteiger partial charge in [0.2, 0.25) is 0 Å². The maximum Gasteiger partial charge on any atom is 0.269 e. The van der Waals surface area contributed by atoms with Gasteiger partial charge in [0.05, 0.1) is 22.3 Å². The van der Waals surface area contributed by atoms with E-state index in [2.05, 4.69) is 10.1 Å². The fourth-order valence-corrected chi connectivity index (χ4v) is 4.43. The Labute approximate surface area is 156 Å². The number of aryl methyl sites for hydroxylation is 2. The van der Waals surface area contributed by atoms with Crippen LogP contribution in [0.5, 0.6) is 0 Å². The molecule has 0 aliphatic rings. The van der Waals surface area contributed by atoms with Crippen LogP contribution in [0.25, 0.3) is 22.3 Å². The van der Waals surface area contributed by atoms with Gasteiger partial charge in [-0.25, -0.2) is 17.4 Å². The molecule has 4 rings (SSSR count). The number of nitrogens with zero attached hydrogens (tertiary/aromatic N) is 5. The van der Waals surface area contributed by atoms with Crippen LogP contribution < -0.4 is 0 Å². The van der Waals surface area contributed by atoms with Gasteiger partial charge in [-0.05, 0) is 31.2 Å². The Morgan fingerprint density at radius 3 is 2.48 bits per heavy atom. The molecule has 4 aromatic rings. The quantitative estimate of drug-likeness (QED) is 0.547. The maximum absolute atomic E-state index is 13.4. The Morgan fingerprint density at radius 1 is 1.11 bits per heavy atom. The first-order chi connectivity index (χ1) is 12.9. The zero-order valence-corrected chi connectivity index (χ0v) is 15.5. The number of benzene rings is 1. The summed E-state index contributed by atoms with van der Waals surface area (Å²) >= 11 is 0. The molecule has 0 fully saturated rings. The minimum atomic E-state index is -3.89. The van der Waals surface area contributed by atoms with Crippen LogP contribution >= 0.6 is 0 Å². The third-order valence-corrected chi connectivity index (χ3v) is 6.01. The number of nitriles is 1. The van der Waals surface area contributed by atoms with Gasteiger partial charge >= 0.3 is 0 Å². The van der Waals surface area contributed by atoms with Gasteiger partial charge in [-0.3, -0.25) is 4.68 Å². The molecule has 1 aromatic carbocycles. The standard InChI is InChI=1S/C19H15N5O2S/c1-13-3-5-17(6-4-13)27(25,26)24-18(16-11-22-23(2)12-16)8-15-7-14(9-20)10-21-19(15)24/h3-8,10-12H,1-2H3. The van der Waals surface area contributed by atoms with Crippen LogP contribution in [0.4, 0.5) is 0 Å². The molecule has 27 heavy (non-hydrogen) atoms. The molecule has 3 heterocycles. The topological polar surface area (TPSA) is 93.6 Å². The molecule has 0 N–H and O–H groups in total. The molecule has 0 bridgehead atoms. The molecule has 0 saturated carbocycles. The molecule has 0 atom stereocenters. The van der Waals surface area contributed by atoms with Crippen LogP contribution in [-0.2, 0) is 17.1 Å². The van der Waals surface area contributed by atoms with Crippen molar-refractivity contribution in [3.8, 4) is 17.3 Å². The monoisotopic (exact) mass is 377 g/mol. The lowest BCUT2D eigenvalue weighted by atomic mass is 10.2. The predicted molar refractivity (Wildman–Crippen MR) is 100 cm³/mol. The van der Waals surface area contributed by atoms with E-state index in [0.29, 0.717) is 22.2 Å². The summed E-state index contributed by atoms with van der Waals surface area (Å²) in [6, 6.07) is 12.0. The van der Waals surface area contributed by atoms with E-state index in [4.69, 9.17) is 5.26 Å². The minimum absolute atomic E-state index is 0.168. The van der Waals surface area contributed by atoms with Crippen LogP contribution in [0.15, 0.2) is 59.9 Å². The van der Waals surface area contributed by atoms with Crippen molar-refractivity contribution in [2.24, 2.45) is 7.05 Å². The first kappa shape index (κ1) is 17.0. The van der Waals surface area contributed by atoms with Crippen molar-refractivity contribution in [1.29, 1.82) is 5.26 Å². The third kappa shape index (κ3) is 2.78. The van der Waals surface area contributed by atoms with Gasteiger partial charge in [-0.2, -0.15) is 10.4 Å². The molecule has 0 unspecified atom stereocenters. The van der Waals surface area contributed by atoms with Crippen molar-refractivity contribution >= 4 is 21.1 Å². The summed E-state index contributed by atoms with van der Waals surface area (Å²) in [5.41, 5.74) is 2.69. The zero-order chi connectivity index (χ0) is 19.2. The fourth-order valence-electron chi connectivity index (χ4n) is 2.94. The Hall–Kier alpha value is -3.44. The molecule has 3 aromatic heterocycles. The summed E-state index contributed by atoms with van der Waals surface area (Å²) in [7, 11) is -2.13. The summed E-state index contributed by atoms with van der Waals surface area (Å²) < 4.78 is 29.6. The average Bonchev–Trinajstić information content (AvgIpc) is 3.25. The van der Waals surface area contributed by atoms with E-state index in [1.807, 2.05) is 13.0 Å². The molecule has 0 aliphatic heterocycles. The highest BCUT2D eigenvalue weighted by atomic mass is 32.2. The lowest BCUT2D eigenvalue weighted by Crippen LogP contribution is -2.14. The Balaban J connectivity index is 2.05. The Bertz CT molecular complexity index is 1310. The van der Waals surface area contributed by atoms with Crippen molar-refractivity contribution in [2.45, 2.75) is 11.8 Å². The van der Waals surface area contributed by atoms with Crippen LogP contribution in [0.3, 0.4) is 0 Å². The normalized spacial score (nSPS) is 11.6. The number of hydrogen-bond acceptors (Lipinski definition) is 5. The number of fused-ring (bicyclic) bond motifs is 1. The van der Waals surface area contributed by atoms with Gasteiger partial charge < -0.3 is 0 Å². The summed E-state index contributed by atoms with van der Waals surface area (Å²) in [4.78, 5) is 4.42. The van der Waals surface area contributed by atoms with E-state index >= 15 is 0 Å². The first-order valence-corrected chi connectivity index (χ1v) is 9.57. The second-order valence-corrected chi connectivity index (χ2v) is 8.05. The van der Waals surface area contributed by atoms with E-state index in [0.717, 1.165) is 5.56 Å². The number of pyridine rings is 1. The van der Waals surface area contributed by atoms with Crippen LogP contribution in [0.2, 0.25) is 0 Å². The van der Waals surface area contributed by atoms with Crippen molar-refractivity contribution in [3.05, 3.63) is 66.1 Å². The van der Waals surface area contributed by atoms with Crippen molar-refractivity contribution in [3.63, 3.8) is 0 Å². The largest absolute Gasteiger partial charge is 0.275 e. The molecule has 0 amide bonds. The maximum atomic E-state index is 13.4. The molecule has 8 heteroatoms. The summed E-state index contributed by atoms with van der Waals surface area (Å²) in [5, 5.41) is 13.8. The number of hydrogen-bond donors (Lipinski definition) is 0. The lowest BCUT2D eigenvalue weighted by Gasteiger charge is -2.11. The second kappa shape index (κ2) is 6.07. The smallest absolute Gasteiger partial charge is 0.269 e. The zero-order valence-electron chi connectivity index (χ0n) is 14.7. The molecular formula is C19H15N5O2S. The van der Waals surface area contributed by atoms with E-state index in [1.165, 1.54) is 10.2 Å². The van der Waals surface area contributed by atoms with Crippen molar-refractivity contribution in [2.75, 3.05) is 0 Å². The van der Waals surface area contributed by atoms with Gasteiger partial charge in [-0.1, -0.05) is 17.7 Å². The Kier molecular flexibility index (Phi) is 3.82. The Morgan fingerprint density at radius 2 is 1.85 bits per heavy atom. The van der Waals surface area contributed by atoms with Crippen LogP contribution in [-0.4, -0.2) is 27.2 Å². The first-order valence-electron chi connectivity index (χ1n) is 8.13. The molecule has 134 valence electrons. The van der Waals surface area contributed by atoms with Gasteiger partial charge in [0.15, 0.2) is 5.65 Å². The minimum Gasteiger partial charge on any atom is -0.275 e. The molecule has 0 spiro atoms. The van der Waals surface area contributed by atoms with Crippen LogP contribution in [0, 0.1) is 18.3 Å². The highest BCUT2D eigenvalue weighted by molar-refractivity contribution is 7.90. The van der Waals surface area contributed by atoms with Crippen molar-refractivity contribution < 1.29 is 8.42 Å². The predicted octanol–water partition coefficient (Wildman–Crippen LogP) is 2.85. The van der Waals surface area contributed by atoms with Gasteiger partial charge in [-0.15, -0.1) is 0 Å².